The second kappa shape index (κ2) is 4.70. The van der Waals surface area contributed by atoms with E-state index in [4.69, 9.17) is 9.47 Å². The maximum Gasteiger partial charge on any atom is 0.231 e. The lowest BCUT2D eigenvalue weighted by atomic mass is 10.2. The van der Waals surface area contributed by atoms with Crippen molar-refractivity contribution in [1.29, 1.82) is 0 Å². The standard InChI is InChI=1S/C13H12BrN3O2/c1-7-3-11(15-2)17-13(16-7)8-4-9(14)12-10(5-8)18-6-19-12/h3-5H,6H2,1-2H3,(H,15,16,17). The van der Waals surface area contributed by atoms with E-state index in [-0.39, 0.29) is 6.79 Å². The molecule has 0 atom stereocenters. The van der Waals surface area contributed by atoms with Gasteiger partial charge in [-0.3, -0.25) is 0 Å². The van der Waals surface area contributed by atoms with Crippen molar-refractivity contribution in [2.45, 2.75) is 6.92 Å². The number of nitrogens with one attached hydrogen (secondary N) is 1. The molecule has 0 bridgehead atoms. The Kier molecular flexibility index (Phi) is 3.02. The quantitative estimate of drug-likeness (QED) is 0.921. The second-order valence-corrected chi connectivity index (χ2v) is 5.01. The summed E-state index contributed by atoms with van der Waals surface area (Å²) in [5.74, 6) is 2.88. The minimum Gasteiger partial charge on any atom is -0.454 e. The largest absolute Gasteiger partial charge is 0.454 e. The number of fused-ring (bicyclic) bond motifs is 1. The molecular weight excluding hydrogens is 310 g/mol. The number of hydrogen-bond acceptors (Lipinski definition) is 5. The lowest BCUT2D eigenvalue weighted by Gasteiger charge is -2.07. The van der Waals surface area contributed by atoms with Crippen molar-refractivity contribution < 1.29 is 9.47 Å². The summed E-state index contributed by atoms with van der Waals surface area (Å²) in [6, 6.07) is 5.72. The first-order valence-corrected chi connectivity index (χ1v) is 6.59. The smallest absolute Gasteiger partial charge is 0.231 e. The maximum atomic E-state index is 5.40. The molecule has 0 fully saturated rings. The fourth-order valence-electron chi connectivity index (χ4n) is 1.92. The summed E-state index contributed by atoms with van der Waals surface area (Å²) >= 11 is 3.47. The highest BCUT2D eigenvalue weighted by Crippen LogP contribution is 2.42. The molecule has 98 valence electrons. The van der Waals surface area contributed by atoms with Gasteiger partial charge in [-0.25, -0.2) is 9.97 Å². The maximum absolute atomic E-state index is 5.40. The Hall–Kier alpha value is -1.82. The molecule has 2 heterocycles. The van der Waals surface area contributed by atoms with Crippen LogP contribution in [0.2, 0.25) is 0 Å². The topological polar surface area (TPSA) is 56.3 Å². The molecule has 1 aromatic heterocycles. The number of aromatic nitrogens is 2. The molecule has 0 aliphatic carbocycles. The molecule has 0 saturated carbocycles. The molecular formula is C13H12BrN3O2. The van der Waals surface area contributed by atoms with Gasteiger partial charge in [-0.05, 0) is 35.0 Å². The van der Waals surface area contributed by atoms with Gasteiger partial charge in [0.1, 0.15) is 5.82 Å². The van der Waals surface area contributed by atoms with Crippen LogP contribution in [-0.4, -0.2) is 23.8 Å². The van der Waals surface area contributed by atoms with Crippen LogP contribution < -0.4 is 14.8 Å². The molecule has 2 aromatic rings. The molecule has 0 spiro atoms. The van der Waals surface area contributed by atoms with Gasteiger partial charge in [0.15, 0.2) is 17.3 Å². The number of hydrogen-bond donors (Lipinski definition) is 1. The van der Waals surface area contributed by atoms with E-state index in [9.17, 15) is 0 Å². The predicted molar refractivity (Wildman–Crippen MR) is 75.6 cm³/mol. The molecule has 1 N–H and O–H groups in total. The number of halogens is 1. The molecule has 0 amide bonds. The predicted octanol–water partition coefficient (Wildman–Crippen LogP) is 2.98. The fraction of sp³-hybridized carbons (Fsp3) is 0.231. The average Bonchev–Trinajstić information content (AvgIpc) is 2.86. The van der Waals surface area contributed by atoms with Crippen LogP contribution in [0.25, 0.3) is 11.4 Å². The number of benzene rings is 1. The Morgan fingerprint density at radius 2 is 2.05 bits per heavy atom. The Morgan fingerprint density at radius 3 is 2.84 bits per heavy atom. The van der Waals surface area contributed by atoms with Gasteiger partial charge in [0, 0.05) is 24.4 Å². The molecule has 1 aromatic carbocycles. The number of nitrogens with zero attached hydrogens (tertiary/aromatic N) is 2. The third kappa shape index (κ3) is 2.23. The normalized spacial score (nSPS) is 12.6. The first-order chi connectivity index (χ1) is 9.17. The minimum absolute atomic E-state index is 0.244. The summed E-state index contributed by atoms with van der Waals surface area (Å²) < 4.78 is 11.6. The fourth-order valence-corrected chi connectivity index (χ4v) is 2.48. The number of ether oxygens (including phenoxy) is 2. The van der Waals surface area contributed by atoms with Crippen LogP contribution in [0.5, 0.6) is 11.5 Å². The summed E-state index contributed by atoms with van der Waals surface area (Å²) in [6.07, 6.45) is 0. The third-order valence-corrected chi connectivity index (χ3v) is 3.38. The van der Waals surface area contributed by atoms with E-state index in [1.165, 1.54) is 0 Å². The van der Waals surface area contributed by atoms with Crippen LogP contribution in [0.4, 0.5) is 5.82 Å². The molecule has 0 saturated heterocycles. The lowest BCUT2D eigenvalue weighted by Crippen LogP contribution is -1.98. The highest BCUT2D eigenvalue weighted by Gasteiger charge is 2.19. The van der Waals surface area contributed by atoms with Crippen LogP contribution in [0, 0.1) is 6.92 Å². The zero-order valence-electron chi connectivity index (χ0n) is 10.5. The number of aryl methyl sites for hydroxylation is 1. The highest BCUT2D eigenvalue weighted by atomic mass is 79.9. The summed E-state index contributed by atoms with van der Waals surface area (Å²) in [4.78, 5) is 8.90. The molecule has 1 aliphatic rings. The number of anilines is 1. The van der Waals surface area contributed by atoms with E-state index in [1.807, 2.05) is 32.2 Å². The molecule has 6 heteroatoms. The zero-order chi connectivity index (χ0) is 13.4. The van der Waals surface area contributed by atoms with Crippen LogP contribution in [-0.2, 0) is 0 Å². The van der Waals surface area contributed by atoms with Gasteiger partial charge in [-0.1, -0.05) is 0 Å². The number of rotatable bonds is 2. The van der Waals surface area contributed by atoms with Crippen molar-refractivity contribution in [2.24, 2.45) is 0 Å². The van der Waals surface area contributed by atoms with Crippen molar-refractivity contribution >= 4 is 21.7 Å². The van der Waals surface area contributed by atoms with Crippen LogP contribution >= 0.6 is 15.9 Å². The molecule has 3 rings (SSSR count). The van der Waals surface area contributed by atoms with E-state index in [0.717, 1.165) is 27.3 Å². The van der Waals surface area contributed by atoms with Crippen LogP contribution in [0.3, 0.4) is 0 Å². The molecule has 0 radical (unpaired) electrons. The zero-order valence-corrected chi connectivity index (χ0v) is 12.1. The summed E-state index contributed by atoms with van der Waals surface area (Å²) in [7, 11) is 1.83. The SMILES string of the molecule is CNc1cc(C)nc(-c2cc(Br)c3c(c2)OCO3)n1. The summed E-state index contributed by atoms with van der Waals surface area (Å²) in [6.45, 7) is 2.18. The first-order valence-electron chi connectivity index (χ1n) is 5.80. The Labute approximate surface area is 119 Å². The monoisotopic (exact) mass is 321 g/mol. The van der Waals surface area contributed by atoms with Crippen LogP contribution in [0.1, 0.15) is 5.69 Å². The molecule has 5 nitrogen and oxygen atoms in total. The molecule has 0 unspecified atom stereocenters. The minimum atomic E-state index is 0.244. The van der Waals surface area contributed by atoms with Gasteiger partial charge in [0.05, 0.1) is 4.47 Å². The van der Waals surface area contributed by atoms with Crippen molar-refractivity contribution in [2.75, 3.05) is 19.2 Å². The van der Waals surface area contributed by atoms with Crippen molar-refractivity contribution in [3.05, 3.63) is 28.4 Å². The summed E-state index contributed by atoms with van der Waals surface area (Å²) in [5, 5.41) is 3.03. The Bertz CT molecular complexity index is 646. The van der Waals surface area contributed by atoms with E-state index in [0.29, 0.717) is 11.6 Å². The van der Waals surface area contributed by atoms with Crippen LogP contribution in [0.15, 0.2) is 22.7 Å². The first kappa shape index (κ1) is 12.2. The molecule has 19 heavy (non-hydrogen) atoms. The van der Waals surface area contributed by atoms with E-state index in [1.54, 1.807) is 0 Å². The van der Waals surface area contributed by atoms with Crippen molar-refractivity contribution in [1.82, 2.24) is 9.97 Å². The van der Waals surface area contributed by atoms with Gasteiger partial charge in [-0.15, -0.1) is 0 Å². The average molecular weight is 322 g/mol. The third-order valence-electron chi connectivity index (χ3n) is 2.80. The van der Waals surface area contributed by atoms with Gasteiger partial charge in [-0.2, -0.15) is 0 Å². The van der Waals surface area contributed by atoms with E-state index in [2.05, 4.69) is 31.2 Å². The van der Waals surface area contributed by atoms with Crippen molar-refractivity contribution in [3.8, 4) is 22.9 Å². The Morgan fingerprint density at radius 1 is 1.21 bits per heavy atom. The lowest BCUT2D eigenvalue weighted by molar-refractivity contribution is 0.173. The van der Waals surface area contributed by atoms with E-state index < -0.39 is 0 Å². The highest BCUT2D eigenvalue weighted by molar-refractivity contribution is 9.10. The van der Waals surface area contributed by atoms with Gasteiger partial charge < -0.3 is 14.8 Å². The Balaban J connectivity index is 2.12. The van der Waals surface area contributed by atoms with Gasteiger partial charge in [0.25, 0.3) is 0 Å². The van der Waals surface area contributed by atoms with Gasteiger partial charge in [0.2, 0.25) is 6.79 Å². The second-order valence-electron chi connectivity index (χ2n) is 4.16. The summed E-state index contributed by atoms with van der Waals surface area (Å²) in [5.41, 5.74) is 1.79. The molecule has 1 aliphatic heterocycles. The van der Waals surface area contributed by atoms with E-state index >= 15 is 0 Å². The van der Waals surface area contributed by atoms with Crippen molar-refractivity contribution in [3.63, 3.8) is 0 Å². The van der Waals surface area contributed by atoms with Gasteiger partial charge >= 0.3 is 0 Å².